The number of methoxy groups -OCH3 is 1. The van der Waals surface area contributed by atoms with Crippen molar-refractivity contribution in [3.8, 4) is 11.5 Å². The van der Waals surface area contributed by atoms with E-state index >= 15 is 0 Å². The number of hydrogen-bond donors (Lipinski definition) is 0. The molecule has 156 valence electrons. The van der Waals surface area contributed by atoms with Crippen LogP contribution in [-0.2, 0) is 0 Å². The van der Waals surface area contributed by atoms with Gasteiger partial charge in [0.15, 0.2) is 0 Å². The van der Waals surface area contributed by atoms with Gasteiger partial charge >= 0.3 is 0 Å². The summed E-state index contributed by atoms with van der Waals surface area (Å²) in [6.45, 7) is 0. The van der Waals surface area contributed by atoms with Crippen molar-refractivity contribution in [1.29, 1.82) is 0 Å². The molecule has 0 saturated carbocycles. The van der Waals surface area contributed by atoms with Crippen molar-refractivity contribution < 1.29 is 14.4 Å². The summed E-state index contributed by atoms with van der Waals surface area (Å²) in [5.74, 6) is 1.54. The molecule has 2 heterocycles. The Kier molecular flexibility index (Phi) is 4.86. The smallest absolute Gasteiger partial charge is 0.269 e. The zero-order valence-corrected chi connectivity index (χ0v) is 18.2. The fourth-order valence-corrected chi connectivity index (χ4v) is 4.41. The number of hydrazone groups is 1. The Bertz CT molecular complexity index is 1200. The van der Waals surface area contributed by atoms with Crippen LogP contribution in [0, 0.1) is 10.1 Å². The van der Waals surface area contributed by atoms with Gasteiger partial charge in [0.1, 0.15) is 11.5 Å². The van der Waals surface area contributed by atoms with E-state index < -0.39 is 11.2 Å². The molecule has 0 fully saturated rings. The fourth-order valence-electron chi connectivity index (χ4n) is 4.03. The molecule has 0 bridgehead atoms. The molecule has 0 saturated heterocycles. The molecule has 2 unspecified atom stereocenters. The monoisotopic (exact) mass is 479 g/mol. The molecule has 0 aromatic heterocycles. The number of benzene rings is 3. The summed E-state index contributed by atoms with van der Waals surface area (Å²) >= 11 is 3.55. The lowest BCUT2D eigenvalue weighted by atomic mass is 9.96. The van der Waals surface area contributed by atoms with Crippen LogP contribution in [0.4, 0.5) is 5.69 Å². The molecule has 0 aliphatic carbocycles. The number of nitro groups is 1. The minimum atomic E-state index is -0.561. The average molecular weight is 480 g/mol. The molecule has 2 aliphatic rings. The van der Waals surface area contributed by atoms with Crippen LogP contribution in [0.5, 0.6) is 11.5 Å². The molecule has 3 aromatic carbocycles. The highest BCUT2D eigenvalue weighted by atomic mass is 79.9. The van der Waals surface area contributed by atoms with Crippen molar-refractivity contribution in [2.75, 3.05) is 7.11 Å². The molecule has 0 radical (unpaired) electrons. The van der Waals surface area contributed by atoms with Crippen molar-refractivity contribution in [3.05, 3.63) is 98.0 Å². The summed E-state index contributed by atoms with van der Waals surface area (Å²) in [5, 5.41) is 18.1. The first-order valence-corrected chi connectivity index (χ1v) is 10.5. The summed E-state index contributed by atoms with van der Waals surface area (Å²) in [7, 11) is 1.64. The highest BCUT2D eigenvalue weighted by Gasteiger charge is 2.41. The van der Waals surface area contributed by atoms with Crippen molar-refractivity contribution in [2.45, 2.75) is 18.7 Å². The number of nitro benzene ring substituents is 1. The van der Waals surface area contributed by atoms with Crippen LogP contribution in [-0.4, -0.2) is 22.8 Å². The highest BCUT2D eigenvalue weighted by Crippen LogP contribution is 2.48. The topological polar surface area (TPSA) is 77.2 Å². The Morgan fingerprint density at radius 2 is 1.97 bits per heavy atom. The Morgan fingerprint density at radius 3 is 2.71 bits per heavy atom. The molecule has 3 aromatic rings. The first kappa shape index (κ1) is 19.6. The third kappa shape index (κ3) is 3.53. The normalized spacial score (nSPS) is 19.2. The van der Waals surface area contributed by atoms with Crippen molar-refractivity contribution in [2.24, 2.45) is 5.10 Å². The molecular weight excluding hydrogens is 462 g/mol. The van der Waals surface area contributed by atoms with Crippen LogP contribution >= 0.6 is 15.9 Å². The summed E-state index contributed by atoms with van der Waals surface area (Å²) in [4.78, 5) is 10.9. The van der Waals surface area contributed by atoms with Crippen molar-refractivity contribution in [1.82, 2.24) is 5.01 Å². The van der Waals surface area contributed by atoms with Crippen molar-refractivity contribution in [3.63, 3.8) is 0 Å². The van der Waals surface area contributed by atoms with Crippen LogP contribution < -0.4 is 9.47 Å². The molecule has 2 aliphatic heterocycles. The van der Waals surface area contributed by atoms with E-state index in [4.69, 9.17) is 14.6 Å². The lowest BCUT2D eigenvalue weighted by Crippen LogP contribution is -2.33. The van der Waals surface area contributed by atoms with E-state index in [0.717, 1.165) is 32.8 Å². The van der Waals surface area contributed by atoms with Crippen LogP contribution in [0.3, 0.4) is 0 Å². The highest BCUT2D eigenvalue weighted by molar-refractivity contribution is 9.10. The standard InChI is InChI=1S/C23H18BrN3O4/c1-30-18-8-5-14(6-9-18)20-13-21-19-12-16(24)7-10-22(19)31-23(26(21)25-20)15-3-2-4-17(11-15)27(28)29/h2-12,21,23H,13H2,1H3. The van der Waals surface area contributed by atoms with Crippen LogP contribution in [0.25, 0.3) is 0 Å². The molecule has 2 atom stereocenters. The van der Waals surface area contributed by atoms with Gasteiger partial charge in [0, 0.05) is 34.2 Å². The lowest BCUT2D eigenvalue weighted by Gasteiger charge is -2.38. The third-order valence-electron chi connectivity index (χ3n) is 5.54. The molecular formula is C23H18BrN3O4. The predicted molar refractivity (Wildman–Crippen MR) is 119 cm³/mol. The summed E-state index contributed by atoms with van der Waals surface area (Å²) in [5.41, 5.74) is 3.68. The Hall–Kier alpha value is -3.39. The van der Waals surface area contributed by atoms with Gasteiger partial charge in [0.05, 0.1) is 23.8 Å². The van der Waals surface area contributed by atoms with E-state index in [-0.39, 0.29) is 11.7 Å². The minimum absolute atomic E-state index is 0.0257. The van der Waals surface area contributed by atoms with E-state index in [1.807, 2.05) is 53.5 Å². The van der Waals surface area contributed by atoms with E-state index in [0.29, 0.717) is 12.0 Å². The Labute approximate surface area is 187 Å². The molecule has 0 N–H and O–H groups in total. The van der Waals surface area contributed by atoms with E-state index in [1.54, 1.807) is 19.2 Å². The maximum absolute atomic E-state index is 11.3. The maximum Gasteiger partial charge on any atom is 0.269 e. The van der Waals surface area contributed by atoms with Gasteiger partial charge in [-0.2, -0.15) is 5.10 Å². The molecule has 31 heavy (non-hydrogen) atoms. The van der Waals surface area contributed by atoms with E-state index in [2.05, 4.69) is 15.9 Å². The molecule has 8 heteroatoms. The zero-order valence-electron chi connectivity index (χ0n) is 16.6. The first-order chi connectivity index (χ1) is 15.0. The summed E-state index contributed by atoms with van der Waals surface area (Å²) in [6.07, 6.45) is 0.138. The minimum Gasteiger partial charge on any atom is -0.497 e. The van der Waals surface area contributed by atoms with Crippen molar-refractivity contribution >= 4 is 27.3 Å². The number of hydrogen-bond acceptors (Lipinski definition) is 6. The van der Waals surface area contributed by atoms with Gasteiger partial charge in [-0.1, -0.05) is 28.1 Å². The van der Waals surface area contributed by atoms with E-state index in [1.165, 1.54) is 6.07 Å². The first-order valence-electron chi connectivity index (χ1n) is 9.74. The molecule has 7 nitrogen and oxygen atoms in total. The van der Waals surface area contributed by atoms with Gasteiger partial charge in [0.25, 0.3) is 5.69 Å². The second kappa shape index (κ2) is 7.70. The number of fused-ring (bicyclic) bond motifs is 3. The SMILES string of the molecule is COc1ccc(C2=NN3C(C2)c2cc(Br)ccc2OC3c2cccc([N+](=O)[O-])c2)cc1. The summed E-state index contributed by atoms with van der Waals surface area (Å²) in [6, 6.07) is 20.2. The lowest BCUT2D eigenvalue weighted by molar-refractivity contribution is -0.385. The van der Waals surface area contributed by atoms with Crippen LogP contribution in [0.2, 0.25) is 0 Å². The second-order valence-electron chi connectivity index (χ2n) is 7.38. The fraction of sp³-hybridized carbons (Fsp3) is 0.174. The molecule has 0 amide bonds. The molecule has 0 spiro atoms. The van der Waals surface area contributed by atoms with Gasteiger partial charge in [-0.3, -0.25) is 10.1 Å². The quantitative estimate of drug-likeness (QED) is 0.359. The van der Waals surface area contributed by atoms with Crippen LogP contribution in [0.15, 0.2) is 76.3 Å². The van der Waals surface area contributed by atoms with Gasteiger partial charge in [-0.25, -0.2) is 5.01 Å². The summed E-state index contributed by atoms with van der Waals surface area (Å²) < 4.78 is 12.5. The number of ether oxygens (including phenoxy) is 2. The van der Waals surface area contributed by atoms with Gasteiger partial charge in [0.2, 0.25) is 6.23 Å². The van der Waals surface area contributed by atoms with Gasteiger partial charge < -0.3 is 9.47 Å². The number of halogens is 1. The van der Waals surface area contributed by atoms with Gasteiger partial charge in [-0.05, 0) is 48.0 Å². The van der Waals surface area contributed by atoms with Crippen LogP contribution in [0.1, 0.15) is 35.4 Å². The number of non-ortho nitro benzene ring substituents is 1. The predicted octanol–water partition coefficient (Wildman–Crippen LogP) is 5.61. The molecule has 5 rings (SSSR count). The van der Waals surface area contributed by atoms with E-state index in [9.17, 15) is 10.1 Å². The van der Waals surface area contributed by atoms with Gasteiger partial charge in [-0.15, -0.1) is 0 Å². The zero-order chi connectivity index (χ0) is 21.5. The number of nitrogens with zero attached hydrogens (tertiary/aromatic N) is 3. The Morgan fingerprint density at radius 1 is 1.16 bits per heavy atom. The third-order valence-corrected chi connectivity index (χ3v) is 6.03. The average Bonchev–Trinajstić information content (AvgIpc) is 3.24. The maximum atomic E-state index is 11.3. The Balaban J connectivity index is 1.58. The number of rotatable bonds is 4. The largest absolute Gasteiger partial charge is 0.497 e. The second-order valence-corrected chi connectivity index (χ2v) is 8.30.